The van der Waals surface area contributed by atoms with E-state index in [4.69, 9.17) is 17.5 Å². The second-order valence-corrected chi connectivity index (χ2v) is 1.28. The number of hydrogen-bond donors (Lipinski definition) is 1. The Morgan fingerprint density at radius 1 is 1.25 bits per heavy atom. The molecule has 0 aliphatic carbocycles. The molecule has 0 radical (unpaired) electrons. The van der Waals surface area contributed by atoms with Gasteiger partial charge < -0.3 is 17.0 Å². The SMILES string of the molecule is O=S(=O)([O-])O.[Cl-].[K+].[K+]. The van der Waals surface area contributed by atoms with E-state index >= 15 is 0 Å². The minimum atomic E-state index is -4.92. The van der Waals surface area contributed by atoms with Gasteiger partial charge in [0.25, 0.3) is 0 Å². The minimum Gasteiger partial charge on any atom is -1.00 e. The third kappa shape index (κ3) is 56.9. The maximum absolute atomic E-state index is 8.63. The van der Waals surface area contributed by atoms with E-state index in [-0.39, 0.29) is 115 Å². The molecule has 8 heavy (non-hydrogen) atoms. The molecule has 0 amide bonds. The molecule has 0 heterocycles. The van der Waals surface area contributed by atoms with Gasteiger partial charge in [-0.15, -0.1) is 0 Å². The molecule has 0 fully saturated rings. The van der Waals surface area contributed by atoms with Crippen LogP contribution in [0, 0.1) is 0 Å². The molecule has 0 aromatic heterocycles. The summed E-state index contributed by atoms with van der Waals surface area (Å²) in [5.74, 6) is 0. The normalized spacial score (nSPS) is 7.25. The average Bonchev–Trinajstić information content (AvgIpc) is 0.722. The summed E-state index contributed by atoms with van der Waals surface area (Å²) >= 11 is 0. The van der Waals surface area contributed by atoms with Crippen LogP contribution in [0.1, 0.15) is 0 Å². The molecule has 4 nitrogen and oxygen atoms in total. The van der Waals surface area contributed by atoms with E-state index in [0.29, 0.717) is 0 Å². The molecule has 0 aromatic rings. The molecule has 0 aliphatic rings. The summed E-state index contributed by atoms with van der Waals surface area (Å²) in [5.41, 5.74) is 0. The van der Waals surface area contributed by atoms with Gasteiger partial charge in [-0.1, -0.05) is 0 Å². The van der Waals surface area contributed by atoms with Crippen molar-refractivity contribution in [2.24, 2.45) is 0 Å². The van der Waals surface area contributed by atoms with Crippen LogP contribution in [0.3, 0.4) is 0 Å². The molecule has 0 spiro atoms. The van der Waals surface area contributed by atoms with Crippen molar-refractivity contribution in [2.75, 3.05) is 0 Å². The second-order valence-electron chi connectivity index (χ2n) is 0.428. The Bertz CT molecular complexity index is 97.2. The maximum atomic E-state index is 8.63. The van der Waals surface area contributed by atoms with Crippen molar-refractivity contribution in [3.05, 3.63) is 0 Å². The van der Waals surface area contributed by atoms with Crippen LogP contribution < -0.4 is 115 Å². The van der Waals surface area contributed by atoms with Gasteiger partial charge in [0.2, 0.25) is 10.4 Å². The van der Waals surface area contributed by atoms with Crippen molar-refractivity contribution >= 4 is 10.4 Å². The van der Waals surface area contributed by atoms with Crippen molar-refractivity contribution in [3.63, 3.8) is 0 Å². The number of hydrogen-bond acceptors (Lipinski definition) is 3. The van der Waals surface area contributed by atoms with Crippen LogP contribution in [0.2, 0.25) is 0 Å². The number of halogens is 1. The third-order valence-electron chi connectivity index (χ3n) is 0. The molecule has 0 saturated heterocycles. The Hall–Kier alpha value is 3.43. The first-order valence-electron chi connectivity index (χ1n) is 0.683. The molecule has 0 bridgehead atoms. The monoisotopic (exact) mass is 210 g/mol. The van der Waals surface area contributed by atoms with Gasteiger partial charge in [0.1, 0.15) is 0 Å². The van der Waals surface area contributed by atoms with E-state index in [2.05, 4.69) is 0 Å². The first-order valence-corrected chi connectivity index (χ1v) is 2.05. The zero-order valence-corrected chi connectivity index (χ0v) is 12.3. The van der Waals surface area contributed by atoms with Crippen LogP contribution in [0.15, 0.2) is 0 Å². The fourth-order valence-electron chi connectivity index (χ4n) is 0. The summed E-state index contributed by atoms with van der Waals surface area (Å²) in [5, 5.41) is 0. The van der Waals surface area contributed by atoms with Crippen molar-refractivity contribution in [2.45, 2.75) is 0 Å². The molecule has 0 aromatic carbocycles. The fourth-order valence-corrected chi connectivity index (χ4v) is 0. The van der Waals surface area contributed by atoms with Gasteiger partial charge in [0.15, 0.2) is 0 Å². The molecule has 0 unspecified atom stereocenters. The van der Waals surface area contributed by atoms with Crippen LogP contribution in [-0.2, 0) is 10.4 Å². The Balaban J connectivity index is -0.0000000267. The van der Waals surface area contributed by atoms with Crippen LogP contribution in [0.25, 0.3) is 0 Å². The Morgan fingerprint density at radius 2 is 1.25 bits per heavy atom. The predicted octanol–water partition coefficient (Wildman–Crippen LogP) is -9.98. The molecule has 0 saturated carbocycles. The Morgan fingerprint density at radius 3 is 1.25 bits per heavy atom. The summed E-state index contributed by atoms with van der Waals surface area (Å²) in [6, 6.07) is 0. The Labute approximate surface area is 139 Å². The van der Waals surface area contributed by atoms with Crippen LogP contribution in [0.5, 0.6) is 0 Å². The third-order valence-corrected chi connectivity index (χ3v) is 0. The Kier molecular flexibility index (Phi) is 29.4. The van der Waals surface area contributed by atoms with E-state index in [1.807, 2.05) is 0 Å². The van der Waals surface area contributed by atoms with Crippen LogP contribution >= 0.6 is 0 Å². The topological polar surface area (TPSA) is 77.4 Å². The fraction of sp³-hybridized carbons (Fsp3) is 0. The van der Waals surface area contributed by atoms with Gasteiger partial charge in [-0.2, -0.15) is 0 Å². The van der Waals surface area contributed by atoms with Gasteiger partial charge in [-0.3, -0.25) is 4.55 Å². The predicted molar refractivity (Wildman–Crippen MR) is 12.3 cm³/mol. The van der Waals surface area contributed by atoms with Crippen molar-refractivity contribution in [1.82, 2.24) is 0 Å². The van der Waals surface area contributed by atoms with E-state index in [1.165, 1.54) is 0 Å². The van der Waals surface area contributed by atoms with Gasteiger partial charge in [0.05, 0.1) is 0 Å². The first-order chi connectivity index (χ1) is 2.00. The quantitative estimate of drug-likeness (QED) is 0.245. The van der Waals surface area contributed by atoms with Gasteiger partial charge >= 0.3 is 103 Å². The zero-order valence-electron chi connectivity index (χ0n) is 4.46. The van der Waals surface area contributed by atoms with Gasteiger partial charge in [-0.05, 0) is 0 Å². The largest absolute Gasteiger partial charge is 1.00 e. The zero-order chi connectivity index (χ0) is 4.50. The number of rotatable bonds is 0. The molecule has 8 heteroatoms. The molecule has 0 rings (SSSR count). The maximum Gasteiger partial charge on any atom is 1.00 e. The molecule has 40 valence electrons. The van der Waals surface area contributed by atoms with Crippen molar-refractivity contribution in [1.29, 1.82) is 0 Å². The summed E-state index contributed by atoms with van der Waals surface area (Å²) in [6.45, 7) is 0. The van der Waals surface area contributed by atoms with Crippen LogP contribution in [-0.4, -0.2) is 17.5 Å². The second kappa shape index (κ2) is 10.4. The van der Waals surface area contributed by atoms with E-state index in [1.54, 1.807) is 0 Å². The van der Waals surface area contributed by atoms with Gasteiger partial charge in [-0.25, -0.2) is 8.42 Å². The summed E-state index contributed by atoms with van der Waals surface area (Å²) in [4.78, 5) is 0. The first kappa shape index (κ1) is 22.5. The van der Waals surface area contributed by atoms with Crippen molar-refractivity contribution in [3.8, 4) is 0 Å². The smallest absolute Gasteiger partial charge is 1.00 e. The van der Waals surface area contributed by atoms with E-state index in [9.17, 15) is 0 Å². The standard InChI is InChI=1S/ClH.2K.H2O4S/c;;;1-5(2,3)4/h1H;;;(H2,1,2,3,4)/q;2*+1;/p-2. The van der Waals surface area contributed by atoms with Crippen LogP contribution in [0.4, 0.5) is 0 Å². The molecular formula is HClK2O4S. The molecule has 0 aliphatic heterocycles. The summed E-state index contributed by atoms with van der Waals surface area (Å²) < 4.78 is 32.8. The molecule has 1 N–H and O–H groups in total. The minimum absolute atomic E-state index is 0. The summed E-state index contributed by atoms with van der Waals surface area (Å²) in [7, 11) is -4.92. The van der Waals surface area contributed by atoms with E-state index in [0.717, 1.165) is 0 Å². The average molecular weight is 211 g/mol. The van der Waals surface area contributed by atoms with Crippen molar-refractivity contribution < 1.29 is 133 Å². The molecular weight excluding hydrogens is 210 g/mol. The molecule has 0 atom stereocenters. The van der Waals surface area contributed by atoms with E-state index < -0.39 is 10.4 Å². The van der Waals surface area contributed by atoms with Gasteiger partial charge in [0, 0.05) is 0 Å². The summed E-state index contributed by atoms with van der Waals surface area (Å²) in [6.07, 6.45) is 0.